The first-order valence-electron chi connectivity index (χ1n) is 6.16. The summed E-state index contributed by atoms with van der Waals surface area (Å²) in [5.41, 5.74) is 0.777. The molecule has 1 fully saturated rings. The third-order valence-electron chi connectivity index (χ3n) is 3.53. The SMILES string of the molecule is COC(=O)C1CS(=O)(=O)C(C)C(c2ccc(Cl)cc2)N1. The summed E-state index contributed by atoms with van der Waals surface area (Å²) in [6, 6.07) is 5.59. The number of sulfone groups is 1. The van der Waals surface area contributed by atoms with Gasteiger partial charge in [-0.05, 0) is 24.6 Å². The van der Waals surface area contributed by atoms with Crippen molar-refractivity contribution in [3.63, 3.8) is 0 Å². The van der Waals surface area contributed by atoms with E-state index in [-0.39, 0.29) is 5.75 Å². The topological polar surface area (TPSA) is 72.5 Å². The first-order chi connectivity index (χ1) is 9.35. The second-order valence-electron chi connectivity index (χ2n) is 4.81. The molecule has 2 rings (SSSR count). The number of rotatable bonds is 2. The van der Waals surface area contributed by atoms with Crippen LogP contribution in [0.3, 0.4) is 0 Å². The van der Waals surface area contributed by atoms with Crippen molar-refractivity contribution in [2.24, 2.45) is 0 Å². The van der Waals surface area contributed by atoms with Crippen LogP contribution in [0.25, 0.3) is 0 Å². The third-order valence-corrected chi connectivity index (χ3v) is 5.99. The Balaban J connectivity index is 2.35. The Labute approximate surface area is 123 Å². The van der Waals surface area contributed by atoms with Crippen molar-refractivity contribution in [3.8, 4) is 0 Å². The van der Waals surface area contributed by atoms with Gasteiger partial charge in [0.05, 0.1) is 18.1 Å². The number of carbonyl (C=O) groups excluding carboxylic acids is 1. The molecule has 0 aromatic heterocycles. The minimum absolute atomic E-state index is 0.245. The highest BCUT2D eigenvalue weighted by Crippen LogP contribution is 2.28. The predicted molar refractivity (Wildman–Crippen MR) is 76.4 cm³/mol. The summed E-state index contributed by atoms with van der Waals surface area (Å²) in [5, 5.41) is 3.00. The average Bonchev–Trinajstić information content (AvgIpc) is 2.42. The smallest absolute Gasteiger partial charge is 0.323 e. The van der Waals surface area contributed by atoms with Gasteiger partial charge < -0.3 is 4.74 Å². The van der Waals surface area contributed by atoms with Crippen molar-refractivity contribution < 1.29 is 17.9 Å². The lowest BCUT2D eigenvalue weighted by atomic mass is 10.0. The van der Waals surface area contributed by atoms with Gasteiger partial charge in [0, 0.05) is 11.1 Å². The lowest BCUT2D eigenvalue weighted by Gasteiger charge is -2.34. The maximum absolute atomic E-state index is 12.2. The molecule has 0 bridgehead atoms. The van der Waals surface area contributed by atoms with E-state index in [4.69, 9.17) is 11.6 Å². The number of halogens is 1. The Bertz CT molecular complexity index is 599. The molecule has 0 spiro atoms. The molecule has 0 saturated carbocycles. The fourth-order valence-electron chi connectivity index (χ4n) is 2.31. The molecule has 1 aliphatic rings. The zero-order valence-corrected chi connectivity index (χ0v) is 12.7. The first kappa shape index (κ1) is 15.3. The highest BCUT2D eigenvalue weighted by Gasteiger charge is 2.42. The van der Waals surface area contributed by atoms with Gasteiger partial charge in [-0.15, -0.1) is 0 Å². The summed E-state index contributed by atoms with van der Waals surface area (Å²) in [5.74, 6) is -0.815. The molecule has 1 saturated heterocycles. The van der Waals surface area contributed by atoms with Crippen LogP contribution in [0.2, 0.25) is 5.02 Å². The van der Waals surface area contributed by atoms with E-state index in [2.05, 4.69) is 10.1 Å². The molecule has 5 nitrogen and oxygen atoms in total. The lowest BCUT2D eigenvalue weighted by molar-refractivity contribution is -0.142. The Morgan fingerprint density at radius 2 is 1.95 bits per heavy atom. The average molecular weight is 318 g/mol. The molecule has 0 radical (unpaired) electrons. The van der Waals surface area contributed by atoms with Gasteiger partial charge in [-0.1, -0.05) is 23.7 Å². The van der Waals surface area contributed by atoms with E-state index < -0.39 is 33.1 Å². The van der Waals surface area contributed by atoms with Gasteiger partial charge in [-0.3, -0.25) is 10.1 Å². The number of nitrogens with one attached hydrogen (secondary N) is 1. The van der Waals surface area contributed by atoms with Crippen molar-refractivity contribution in [2.45, 2.75) is 24.3 Å². The van der Waals surface area contributed by atoms with E-state index in [0.29, 0.717) is 5.02 Å². The molecule has 3 unspecified atom stereocenters. The van der Waals surface area contributed by atoms with Crippen molar-refractivity contribution in [1.29, 1.82) is 0 Å². The molecule has 1 aromatic rings. The zero-order chi connectivity index (χ0) is 14.9. The van der Waals surface area contributed by atoms with E-state index in [9.17, 15) is 13.2 Å². The second kappa shape index (κ2) is 5.71. The Morgan fingerprint density at radius 1 is 1.35 bits per heavy atom. The summed E-state index contributed by atoms with van der Waals surface area (Å²) in [4.78, 5) is 11.6. The highest BCUT2D eigenvalue weighted by atomic mass is 35.5. The Morgan fingerprint density at radius 3 is 2.50 bits per heavy atom. The summed E-state index contributed by atoms with van der Waals surface area (Å²) in [6.45, 7) is 1.63. The Hall–Kier alpha value is -1.11. The summed E-state index contributed by atoms with van der Waals surface area (Å²) in [6.07, 6.45) is 0. The maximum atomic E-state index is 12.2. The number of ether oxygens (including phenoxy) is 1. The van der Waals surface area contributed by atoms with Gasteiger partial charge in [-0.2, -0.15) is 0 Å². The largest absolute Gasteiger partial charge is 0.468 e. The number of esters is 1. The monoisotopic (exact) mass is 317 g/mol. The highest BCUT2D eigenvalue weighted by molar-refractivity contribution is 7.92. The van der Waals surface area contributed by atoms with Crippen LogP contribution >= 0.6 is 11.6 Å². The molecular formula is C13H16ClNO4S. The van der Waals surface area contributed by atoms with Crippen LogP contribution in [0.1, 0.15) is 18.5 Å². The molecule has 20 heavy (non-hydrogen) atoms. The first-order valence-corrected chi connectivity index (χ1v) is 8.25. The summed E-state index contributed by atoms with van der Waals surface area (Å²) < 4.78 is 29.0. The summed E-state index contributed by atoms with van der Waals surface area (Å²) in [7, 11) is -2.13. The van der Waals surface area contributed by atoms with Crippen molar-refractivity contribution in [2.75, 3.05) is 12.9 Å². The van der Waals surface area contributed by atoms with Gasteiger partial charge in [0.15, 0.2) is 9.84 Å². The van der Waals surface area contributed by atoms with E-state index in [1.165, 1.54) is 7.11 Å². The molecule has 110 valence electrons. The quantitative estimate of drug-likeness (QED) is 0.833. The van der Waals surface area contributed by atoms with Crippen LogP contribution < -0.4 is 5.32 Å². The minimum Gasteiger partial charge on any atom is -0.468 e. The van der Waals surface area contributed by atoms with Gasteiger partial charge >= 0.3 is 5.97 Å². The van der Waals surface area contributed by atoms with Gasteiger partial charge in [0.25, 0.3) is 0 Å². The predicted octanol–water partition coefficient (Wildman–Crippen LogP) is 1.33. The van der Waals surface area contributed by atoms with Crippen LogP contribution in [-0.2, 0) is 19.4 Å². The van der Waals surface area contributed by atoms with E-state index in [0.717, 1.165) is 5.56 Å². The van der Waals surface area contributed by atoms with Crippen molar-refractivity contribution in [1.82, 2.24) is 5.32 Å². The van der Waals surface area contributed by atoms with Crippen molar-refractivity contribution in [3.05, 3.63) is 34.9 Å². The number of hydrogen-bond donors (Lipinski definition) is 1. The molecule has 1 heterocycles. The Kier molecular flexibility index (Phi) is 4.36. The standard InChI is InChI=1S/C13H16ClNO4S/c1-8-12(9-3-5-10(14)6-4-9)15-11(13(16)19-2)7-20(8,17)18/h3-6,8,11-12,15H,7H2,1-2H3. The fourth-order valence-corrected chi connectivity index (χ4v) is 4.08. The second-order valence-corrected chi connectivity index (χ2v) is 7.65. The van der Waals surface area contributed by atoms with Crippen LogP contribution in [0, 0.1) is 0 Å². The van der Waals surface area contributed by atoms with Crippen molar-refractivity contribution >= 4 is 27.4 Å². The molecule has 1 aromatic carbocycles. The van der Waals surface area contributed by atoms with E-state index >= 15 is 0 Å². The molecule has 0 amide bonds. The van der Waals surface area contributed by atoms with Crippen LogP contribution in [0.5, 0.6) is 0 Å². The number of hydrogen-bond acceptors (Lipinski definition) is 5. The molecule has 1 aliphatic heterocycles. The van der Waals surface area contributed by atoms with Gasteiger partial charge in [0.2, 0.25) is 0 Å². The molecule has 3 atom stereocenters. The summed E-state index contributed by atoms with van der Waals surface area (Å²) >= 11 is 5.83. The van der Waals surface area contributed by atoms with E-state index in [1.807, 2.05) is 0 Å². The van der Waals surface area contributed by atoms with Crippen LogP contribution in [0.4, 0.5) is 0 Å². The lowest BCUT2D eigenvalue weighted by Crippen LogP contribution is -2.55. The minimum atomic E-state index is -3.37. The molecule has 0 aliphatic carbocycles. The fraction of sp³-hybridized carbons (Fsp3) is 0.462. The molecular weight excluding hydrogens is 302 g/mol. The van der Waals surface area contributed by atoms with Crippen LogP contribution in [0.15, 0.2) is 24.3 Å². The van der Waals surface area contributed by atoms with E-state index in [1.54, 1.807) is 31.2 Å². The number of carbonyl (C=O) groups is 1. The zero-order valence-electron chi connectivity index (χ0n) is 11.2. The number of methoxy groups -OCH3 is 1. The number of benzene rings is 1. The third kappa shape index (κ3) is 2.97. The maximum Gasteiger partial charge on any atom is 0.323 e. The van der Waals surface area contributed by atoms with Gasteiger partial charge in [-0.25, -0.2) is 8.42 Å². The molecule has 7 heteroatoms. The normalized spacial score (nSPS) is 28.9. The van der Waals surface area contributed by atoms with Crippen LogP contribution in [-0.4, -0.2) is 38.5 Å². The molecule has 1 N–H and O–H groups in total. The van der Waals surface area contributed by atoms with Gasteiger partial charge in [0.1, 0.15) is 6.04 Å².